The van der Waals surface area contributed by atoms with Gasteiger partial charge in [0.2, 0.25) is 0 Å². The first-order valence-corrected chi connectivity index (χ1v) is 8.00. The van der Waals surface area contributed by atoms with Crippen LogP contribution in [-0.4, -0.2) is 56.4 Å². The number of guanidine groups is 1. The highest BCUT2D eigenvalue weighted by Crippen LogP contribution is 2.15. The second kappa shape index (κ2) is 8.47. The first kappa shape index (κ1) is 15.6. The van der Waals surface area contributed by atoms with Gasteiger partial charge in [-0.25, -0.2) is 0 Å². The predicted molar refractivity (Wildman–Crippen MR) is 80.9 cm³/mol. The van der Waals surface area contributed by atoms with Crippen LogP contribution in [0.5, 0.6) is 0 Å². The van der Waals surface area contributed by atoms with Crippen LogP contribution in [-0.2, 0) is 9.47 Å². The van der Waals surface area contributed by atoms with Crippen LogP contribution in [0.4, 0.5) is 0 Å². The van der Waals surface area contributed by atoms with Crippen LogP contribution >= 0.6 is 0 Å². The molecule has 2 N–H and O–H groups in total. The highest BCUT2D eigenvalue weighted by molar-refractivity contribution is 5.78. The normalized spacial score (nSPS) is 23.2. The molecule has 0 radical (unpaired) electrons. The molecular formula is C15H29N3O2. The second-order valence-corrected chi connectivity index (χ2v) is 5.95. The first-order chi connectivity index (χ1) is 9.75. The lowest BCUT2D eigenvalue weighted by atomic mass is 10.00. The molecule has 5 nitrogen and oxygen atoms in total. The summed E-state index contributed by atoms with van der Waals surface area (Å²) in [4.78, 5) is 6.68. The largest absolute Gasteiger partial charge is 0.381 e. The van der Waals surface area contributed by atoms with Crippen molar-refractivity contribution < 1.29 is 9.47 Å². The van der Waals surface area contributed by atoms with Gasteiger partial charge < -0.3 is 20.1 Å². The molecule has 0 aromatic heterocycles. The number of rotatable bonds is 5. The third-order valence-electron chi connectivity index (χ3n) is 4.21. The second-order valence-electron chi connectivity index (χ2n) is 5.95. The van der Waals surface area contributed by atoms with E-state index in [2.05, 4.69) is 16.8 Å². The SMILES string of the molecule is CC1CCN(C(N)=NCCCOC2CCOCC2)CC1. The lowest BCUT2D eigenvalue weighted by Gasteiger charge is -2.31. The van der Waals surface area contributed by atoms with Crippen molar-refractivity contribution in [3.05, 3.63) is 0 Å². The summed E-state index contributed by atoms with van der Waals surface area (Å²) in [6.45, 7) is 7.62. The fraction of sp³-hybridized carbons (Fsp3) is 0.933. The molecule has 2 heterocycles. The van der Waals surface area contributed by atoms with E-state index in [0.29, 0.717) is 12.1 Å². The minimum absolute atomic E-state index is 0.383. The maximum absolute atomic E-state index is 6.04. The number of nitrogens with zero attached hydrogens (tertiary/aromatic N) is 2. The molecule has 20 heavy (non-hydrogen) atoms. The van der Waals surface area contributed by atoms with Gasteiger partial charge in [-0.3, -0.25) is 4.99 Å². The highest BCUT2D eigenvalue weighted by Gasteiger charge is 2.17. The molecule has 0 aromatic rings. The third kappa shape index (κ3) is 5.29. The molecule has 0 unspecified atom stereocenters. The van der Waals surface area contributed by atoms with Crippen LogP contribution in [0.3, 0.4) is 0 Å². The summed E-state index contributed by atoms with van der Waals surface area (Å²) in [7, 11) is 0. The predicted octanol–water partition coefficient (Wildman–Crippen LogP) is 1.62. The number of ether oxygens (including phenoxy) is 2. The Morgan fingerprint density at radius 3 is 2.65 bits per heavy atom. The summed E-state index contributed by atoms with van der Waals surface area (Å²) in [6.07, 6.45) is 5.83. The van der Waals surface area contributed by atoms with Crippen molar-refractivity contribution in [3.8, 4) is 0 Å². The molecule has 2 saturated heterocycles. The maximum atomic E-state index is 6.04. The topological polar surface area (TPSA) is 60.1 Å². The molecule has 0 spiro atoms. The molecule has 0 atom stereocenters. The molecule has 0 bridgehead atoms. The molecule has 116 valence electrons. The monoisotopic (exact) mass is 283 g/mol. The number of likely N-dealkylation sites (tertiary alicyclic amines) is 1. The van der Waals surface area contributed by atoms with Gasteiger partial charge in [-0.15, -0.1) is 0 Å². The number of nitrogens with two attached hydrogens (primary N) is 1. The van der Waals surface area contributed by atoms with E-state index < -0.39 is 0 Å². The van der Waals surface area contributed by atoms with Gasteiger partial charge >= 0.3 is 0 Å². The molecule has 2 aliphatic heterocycles. The van der Waals surface area contributed by atoms with Crippen molar-refractivity contribution in [1.82, 2.24) is 4.90 Å². The minimum Gasteiger partial charge on any atom is -0.381 e. The molecule has 0 aliphatic carbocycles. The summed E-state index contributed by atoms with van der Waals surface area (Å²) in [5.41, 5.74) is 6.04. The van der Waals surface area contributed by atoms with Crippen molar-refractivity contribution in [1.29, 1.82) is 0 Å². The summed E-state index contributed by atoms with van der Waals surface area (Å²) in [5, 5.41) is 0. The summed E-state index contributed by atoms with van der Waals surface area (Å²) in [6, 6.07) is 0. The minimum atomic E-state index is 0.383. The molecule has 0 saturated carbocycles. The average Bonchev–Trinajstić information content (AvgIpc) is 2.48. The fourth-order valence-electron chi connectivity index (χ4n) is 2.69. The van der Waals surface area contributed by atoms with E-state index in [9.17, 15) is 0 Å². The Morgan fingerprint density at radius 1 is 1.25 bits per heavy atom. The Hall–Kier alpha value is -0.810. The Bertz CT molecular complexity index is 295. The highest BCUT2D eigenvalue weighted by atomic mass is 16.5. The Labute approximate surface area is 122 Å². The van der Waals surface area contributed by atoms with Crippen molar-refractivity contribution in [3.63, 3.8) is 0 Å². The molecule has 2 aliphatic rings. The van der Waals surface area contributed by atoms with Gasteiger partial charge in [0, 0.05) is 39.5 Å². The lowest BCUT2D eigenvalue weighted by molar-refractivity contribution is -0.0318. The fourth-order valence-corrected chi connectivity index (χ4v) is 2.69. The van der Waals surface area contributed by atoms with Gasteiger partial charge in [-0.2, -0.15) is 0 Å². The van der Waals surface area contributed by atoms with Crippen molar-refractivity contribution in [2.75, 3.05) is 39.5 Å². The van der Waals surface area contributed by atoms with E-state index in [1.165, 1.54) is 12.8 Å². The van der Waals surface area contributed by atoms with Gasteiger partial charge in [-0.1, -0.05) is 6.92 Å². The Balaban J connectivity index is 1.55. The van der Waals surface area contributed by atoms with Gasteiger partial charge in [0.1, 0.15) is 0 Å². The molecule has 0 amide bonds. The van der Waals surface area contributed by atoms with E-state index in [-0.39, 0.29) is 0 Å². The van der Waals surface area contributed by atoms with Crippen LogP contribution in [0.25, 0.3) is 0 Å². The molecule has 5 heteroatoms. The molecule has 2 fully saturated rings. The van der Waals surface area contributed by atoms with Crippen molar-refractivity contribution in [2.24, 2.45) is 16.6 Å². The summed E-state index contributed by atoms with van der Waals surface area (Å²) < 4.78 is 11.1. The number of piperidine rings is 1. The van der Waals surface area contributed by atoms with Crippen LogP contribution in [0.1, 0.15) is 39.0 Å². The summed E-state index contributed by atoms with van der Waals surface area (Å²) >= 11 is 0. The van der Waals surface area contributed by atoms with Crippen LogP contribution < -0.4 is 5.73 Å². The van der Waals surface area contributed by atoms with Gasteiger partial charge in [0.15, 0.2) is 5.96 Å². The van der Waals surface area contributed by atoms with Crippen molar-refractivity contribution >= 4 is 5.96 Å². The van der Waals surface area contributed by atoms with Crippen LogP contribution in [0.15, 0.2) is 4.99 Å². The van der Waals surface area contributed by atoms with Crippen LogP contribution in [0, 0.1) is 5.92 Å². The van der Waals surface area contributed by atoms with Gasteiger partial charge in [0.25, 0.3) is 0 Å². The molecular weight excluding hydrogens is 254 g/mol. The smallest absolute Gasteiger partial charge is 0.191 e. The first-order valence-electron chi connectivity index (χ1n) is 8.00. The van der Waals surface area contributed by atoms with E-state index >= 15 is 0 Å². The quantitative estimate of drug-likeness (QED) is 0.473. The van der Waals surface area contributed by atoms with Gasteiger partial charge in [0.05, 0.1) is 6.10 Å². The average molecular weight is 283 g/mol. The zero-order valence-electron chi connectivity index (χ0n) is 12.7. The molecule has 0 aromatic carbocycles. The standard InChI is InChI=1S/C15H29N3O2/c1-13-3-8-18(9-4-13)15(16)17-7-2-10-20-14-5-11-19-12-6-14/h13-14H,2-12H2,1H3,(H2,16,17). The number of hydrogen-bond acceptors (Lipinski definition) is 3. The summed E-state index contributed by atoms with van der Waals surface area (Å²) in [5.74, 6) is 1.54. The zero-order chi connectivity index (χ0) is 14.2. The molecule has 2 rings (SSSR count). The Kier molecular flexibility index (Phi) is 6.60. The van der Waals surface area contributed by atoms with E-state index in [1.54, 1.807) is 0 Å². The van der Waals surface area contributed by atoms with Gasteiger partial charge in [-0.05, 0) is 38.0 Å². The van der Waals surface area contributed by atoms with E-state index in [4.69, 9.17) is 15.2 Å². The van der Waals surface area contributed by atoms with Crippen molar-refractivity contribution in [2.45, 2.75) is 45.1 Å². The maximum Gasteiger partial charge on any atom is 0.191 e. The van der Waals surface area contributed by atoms with E-state index in [0.717, 1.165) is 64.6 Å². The van der Waals surface area contributed by atoms with Crippen LogP contribution in [0.2, 0.25) is 0 Å². The zero-order valence-corrected chi connectivity index (χ0v) is 12.7. The number of aliphatic imine (C=N–C) groups is 1. The Morgan fingerprint density at radius 2 is 1.95 bits per heavy atom. The number of hydrogen-bond donors (Lipinski definition) is 1. The third-order valence-corrected chi connectivity index (χ3v) is 4.21. The van der Waals surface area contributed by atoms with E-state index in [1.807, 2.05) is 0 Å². The lowest BCUT2D eigenvalue weighted by Crippen LogP contribution is -2.42.